The number of hydrogen-bond acceptors (Lipinski definition) is 3. The highest BCUT2D eigenvalue weighted by atomic mass is 79.9. The molecule has 1 N–H and O–H groups in total. The highest BCUT2D eigenvalue weighted by Crippen LogP contribution is 2.26. The number of benzene rings is 2. The lowest BCUT2D eigenvalue weighted by Gasteiger charge is -2.30. The molecular formula is C20H23BrN2O3S. The van der Waals surface area contributed by atoms with E-state index in [1.807, 2.05) is 26.0 Å². The Morgan fingerprint density at radius 2 is 1.59 bits per heavy atom. The molecule has 0 unspecified atom stereocenters. The second-order valence-electron chi connectivity index (χ2n) is 7.00. The van der Waals surface area contributed by atoms with E-state index in [4.69, 9.17) is 0 Å². The summed E-state index contributed by atoms with van der Waals surface area (Å²) in [6.45, 7) is 4.69. The van der Waals surface area contributed by atoms with Crippen molar-refractivity contribution in [3.05, 3.63) is 58.1 Å². The quantitative estimate of drug-likeness (QED) is 0.761. The fraction of sp³-hybridized carbons (Fsp3) is 0.350. The second kappa shape index (κ2) is 8.12. The van der Waals surface area contributed by atoms with E-state index in [0.29, 0.717) is 25.9 Å². The molecule has 3 rings (SSSR count). The van der Waals surface area contributed by atoms with Crippen LogP contribution >= 0.6 is 15.9 Å². The van der Waals surface area contributed by atoms with Gasteiger partial charge in [0, 0.05) is 29.2 Å². The third-order valence-corrected chi connectivity index (χ3v) is 7.21. The van der Waals surface area contributed by atoms with E-state index in [1.165, 1.54) is 4.31 Å². The van der Waals surface area contributed by atoms with Crippen LogP contribution in [0.2, 0.25) is 0 Å². The fourth-order valence-corrected chi connectivity index (χ4v) is 5.14. The molecule has 1 fully saturated rings. The van der Waals surface area contributed by atoms with Crippen LogP contribution in [-0.4, -0.2) is 31.7 Å². The number of rotatable bonds is 4. The summed E-state index contributed by atoms with van der Waals surface area (Å²) in [4.78, 5) is 12.9. The van der Waals surface area contributed by atoms with Gasteiger partial charge in [0.1, 0.15) is 0 Å². The highest BCUT2D eigenvalue weighted by Gasteiger charge is 2.32. The lowest BCUT2D eigenvalue weighted by Crippen LogP contribution is -2.41. The first kappa shape index (κ1) is 20.0. The van der Waals surface area contributed by atoms with Gasteiger partial charge < -0.3 is 5.32 Å². The first-order valence-corrected chi connectivity index (χ1v) is 11.1. The van der Waals surface area contributed by atoms with E-state index in [0.717, 1.165) is 21.3 Å². The molecule has 0 aromatic heterocycles. The minimum Gasteiger partial charge on any atom is -0.326 e. The van der Waals surface area contributed by atoms with E-state index < -0.39 is 10.0 Å². The van der Waals surface area contributed by atoms with Crippen molar-refractivity contribution in [2.24, 2.45) is 5.92 Å². The van der Waals surface area contributed by atoms with Gasteiger partial charge in [0.2, 0.25) is 15.9 Å². The first-order valence-electron chi connectivity index (χ1n) is 8.90. The summed E-state index contributed by atoms with van der Waals surface area (Å²) in [6, 6.07) is 12.6. The SMILES string of the molecule is Cc1cc(C)cc(NC(=O)C2CCN(S(=O)(=O)c3ccc(Br)cc3)CC2)c1. The summed E-state index contributed by atoms with van der Waals surface area (Å²) in [5.74, 6) is -0.220. The van der Waals surface area contributed by atoms with Crippen LogP contribution in [0.4, 0.5) is 5.69 Å². The summed E-state index contributed by atoms with van der Waals surface area (Å²) in [7, 11) is -3.52. The lowest BCUT2D eigenvalue weighted by atomic mass is 9.97. The van der Waals surface area contributed by atoms with Crippen molar-refractivity contribution >= 4 is 37.5 Å². The molecule has 0 spiro atoms. The Kier molecular flexibility index (Phi) is 6.03. The summed E-state index contributed by atoms with van der Waals surface area (Å²) in [5, 5.41) is 2.97. The summed E-state index contributed by atoms with van der Waals surface area (Å²) in [5.41, 5.74) is 2.99. The molecule has 7 heteroatoms. The number of anilines is 1. The Labute approximate surface area is 169 Å². The fourth-order valence-electron chi connectivity index (χ4n) is 3.41. The largest absolute Gasteiger partial charge is 0.326 e. The van der Waals surface area contributed by atoms with Gasteiger partial charge in [-0.15, -0.1) is 0 Å². The molecule has 1 saturated heterocycles. The Morgan fingerprint density at radius 3 is 2.15 bits per heavy atom. The van der Waals surface area contributed by atoms with Crippen LogP contribution in [0.5, 0.6) is 0 Å². The number of halogens is 1. The van der Waals surface area contributed by atoms with Crippen LogP contribution in [0.3, 0.4) is 0 Å². The van der Waals surface area contributed by atoms with Crippen LogP contribution < -0.4 is 5.32 Å². The minimum atomic E-state index is -3.52. The van der Waals surface area contributed by atoms with E-state index in [1.54, 1.807) is 24.3 Å². The molecule has 2 aromatic rings. The van der Waals surface area contributed by atoms with Crippen LogP contribution in [0, 0.1) is 19.8 Å². The molecule has 5 nitrogen and oxygen atoms in total. The molecule has 144 valence electrons. The molecule has 1 aliphatic rings. The molecule has 0 aliphatic carbocycles. The second-order valence-corrected chi connectivity index (χ2v) is 9.85. The monoisotopic (exact) mass is 450 g/mol. The molecular weight excluding hydrogens is 428 g/mol. The zero-order valence-electron chi connectivity index (χ0n) is 15.4. The average Bonchev–Trinajstić information content (AvgIpc) is 2.61. The standard InChI is InChI=1S/C20H23BrN2O3S/c1-14-11-15(2)13-18(12-14)22-20(24)16-7-9-23(10-8-16)27(25,26)19-5-3-17(21)4-6-19/h3-6,11-13,16H,7-10H2,1-2H3,(H,22,24). The number of piperidine rings is 1. The number of amides is 1. The van der Waals surface area contributed by atoms with E-state index in [-0.39, 0.29) is 16.7 Å². The van der Waals surface area contributed by atoms with Crippen molar-refractivity contribution in [3.63, 3.8) is 0 Å². The number of hydrogen-bond donors (Lipinski definition) is 1. The maximum atomic E-state index is 12.8. The summed E-state index contributed by atoms with van der Waals surface area (Å²) >= 11 is 3.32. The molecule has 1 amide bonds. The molecule has 2 aromatic carbocycles. The molecule has 0 saturated carbocycles. The Balaban J connectivity index is 1.62. The molecule has 0 bridgehead atoms. The molecule has 0 radical (unpaired) electrons. The maximum Gasteiger partial charge on any atom is 0.243 e. The van der Waals surface area contributed by atoms with E-state index in [2.05, 4.69) is 27.3 Å². The van der Waals surface area contributed by atoms with Crippen molar-refractivity contribution in [2.75, 3.05) is 18.4 Å². The van der Waals surface area contributed by atoms with Gasteiger partial charge in [-0.1, -0.05) is 22.0 Å². The van der Waals surface area contributed by atoms with Crippen molar-refractivity contribution < 1.29 is 13.2 Å². The van der Waals surface area contributed by atoms with Gasteiger partial charge in [0.15, 0.2) is 0 Å². The Hall–Kier alpha value is -1.70. The van der Waals surface area contributed by atoms with Gasteiger partial charge >= 0.3 is 0 Å². The third kappa shape index (κ3) is 4.78. The van der Waals surface area contributed by atoms with E-state index in [9.17, 15) is 13.2 Å². The molecule has 0 atom stereocenters. The summed E-state index contributed by atoms with van der Waals surface area (Å²) in [6.07, 6.45) is 1.04. The minimum absolute atomic E-state index is 0.0410. The predicted octanol–water partition coefficient (Wildman–Crippen LogP) is 4.11. The van der Waals surface area contributed by atoms with Crippen molar-refractivity contribution in [1.82, 2.24) is 4.31 Å². The number of sulfonamides is 1. The third-order valence-electron chi connectivity index (χ3n) is 4.77. The number of nitrogens with one attached hydrogen (secondary N) is 1. The van der Waals surface area contributed by atoms with Crippen molar-refractivity contribution in [1.29, 1.82) is 0 Å². The van der Waals surface area contributed by atoms with Crippen LogP contribution in [0.15, 0.2) is 51.8 Å². The predicted molar refractivity (Wildman–Crippen MR) is 110 cm³/mol. The van der Waals surface area contributed by atoms with Crippen molar-refractivity contribution in [2.45, 2.75) is 31.6 Å². The van der Waals surface area contributed by atoms with Gasteiger partial charge in [-0.05, 0) is 74.2 Å². The van der Waals surface area contributed by atoms with Crippen molar-refractivity contribution in [3.8, 4) is 0 Å². The normalized spacial score (nSPS) is 16.3. The van der Waals surface area contributed by atoms with Crippen LogP contribution in [-0.2, 0) is 14.8 Å². The number of carbonyl (C=O) groups is 1. The Bertz CT molecular complexity index is 914. The number of nitrogens with zero attached hydrogens (tertiary/aromatic N) is 1. The van der Waals surface area contributed by atoms with E-state index >= 15 is 0 Å². The maximum absolute atomic E-state index is 12.8. The highest BCUT2D eigenvalue weighted by molar-refractivity contribution is 9.10. The Morgan fingerprint density at radius 1 is 1.04 bits per heavy atom. The average molecular weight is 451 g/mol. The molecule has 1 heterocycles. The first-order chi connectivity index (χ1) is 12.8. The number of carbonyl (C=O) groups excluding carboxylic acids is 1. The molecule has 27 heavy (non-hydrogen) atoms. The summed E-state index contributed by atoms with van der Waals surface area (Å²) < 4.78 is 27.8. The van der Waals surface area contributed by atoms with Crippen LogP contribution in [0.25, 0.3) is 0 Å². The van der Waals surface area contributed by atoms with Crippen LogP contribution in [0.1, 0.15) is 24.0 Å². The van der Waals surface area contributed by atoms with Gasteiger partial charge in [0.05, 0.1) is 4.90 Å². The molecule has 1 aliphatic heterocycles. The smallest absolute Gasteiger partial charge is 0.243 e. The van der Waals surface area contributed by atoms with Gasteiger partial charge in [-0.2, -0.15) is 4.31 Å². The van der Waals surface area contributed by atoms with Gasteiger partial charge in [0.25, 0.3) is 0 Å². The lowest BCUT2D eigenvalue weighted by molar-refractivity contribution is -0.120. The van der Waals surface area contributed by atoms with Gasteiger partial charge in [-0.3, -0.25) is 4.79 Å². The zero-order valence-corrected chi connectivity index (χ0v) is 17.8. The zero-order chi connectivity index (χ0) is 19.6. The number of aryl methyl sites for hydroxylation is 2. The topological polar surface area (TPSA) is 66.5 Å². The van der Waals surface area contributed by atoms with Gasteiger partial charge in [-0.25, -0.2) is 8.42 Å².